The molecule has 0 heterocycles. The highest BCUT2D eigenvalue weighted by Gasteiger charge is 2.16. The van der Waals surface area contributed by atoms with Gasteiger partial charge in [0.15, 0.2) is 0 Å². The van der Waals surface area contributed by atoms with Crippen molar-refractivity contribution in [1.82, 2.24) is 5.32 Å². The van der Waals surface area contributed by atoms with Crippen molar-refractivity contribution in [3.63, 3.8) is 0 Å². The van der Waals surface area contributed by atoms with Crippen LogP contribution >= 0.6 is 0 Å². The Morgan fingerprint density at radius 1 is 1.07 bits per heavy atom. The molecule has 0 aromatic heterocycles. The van der Waals surface area contributed by atoms with Crippen molar-refractivity contribution in [2.75, 3.05) is 18.6 Å². The number of carbonyl (C=O) groups excluding carboxylic acids is 3. The molecule has 1 unspecified atom stereocenters. The molecule has 0 saturated carbocycles. The second-order valence-electron chi connectivity index (χ2n) is 6.16. The third kappa shape index (κ3) is 5.67. The summed E-state index contributed by atoms with van der Waals surface area (Å²) in [5.74, 6) is -0.836. The number of esters is 1. The minimum atomic E-state index is -0.477. The predicted octanol–water partition coefficient (Wildman–Crippen LogP) is 3.09. The van der Waals surface area contributed by atoms with Crippen molar-refractivity contribution in [3.05, 3.63) is 65.7 Å². The molecule has 142 valence electrons. The maximum Gasteiger partial charge on any atom is 0.337 e. The Balaban J connectivity index is 2.01. The molecule has 0 fully saturated rings. The van der Waals surface area contributed by atoms with Crippen molar-refractivity contribution in [3.8, 4) is 0 Å². The van der Waals surface area contributed by atoms with Gasteiger partial charge in [-0.2, -0.15) is 0 Å². The van der Waals surface area contributed by atoms with E-state index >= 15 is 0 Å². The van der Waals surface area contributed by atoms with Crippen LogP contribution in [-0.2, 0) is 14.3 Å². The van der Waals surface area contributed by atoms with Crippen LogP contribution < -0.4 is 10.2 Å². The molecule has 0 aliphatic carbocycles. The van der Waals surface area contributed by atoms with Gasteiger partial charge in [0.2, 0.25) is 11.8 Å². The van der Waals surface area contributed by atoms with Gasteiger partial charge in [-0.1, -0.05) is 36.4 Å². The molecule has 2 aromatic carbocycles. The van der Waals surface area contributed by atoms with E-state index in [1.54, 1.807) is 24.3 Å². The van der Waals surface area contributed by atoms with E-state index in [1.807, 2.05) is 37.3 Å². The first-order valence-corrected chi connectivity index (χ1v) is 8.73. The first-order chi connectivity index (χ1) is 12.9. The summed E-state index contributed by atoms with van der Waals surface area (Å²) >= 11 is 0. The molecule has 0 aliphatic rings. The quantitative estimate of drug-likeness (QED) is 0.762. The SMILES string of the molecule is COC(=O)c1cccc(N(CCC(=O)NC(C)c2ccccc2)C(C)=O)c1. The van der Waals surface area contributed by atoms with Gasteiger partial charge in [0.25, 0.3) is 0 Å². The second kappa shape index (κ2) is 9.52. The fourth-order valence-electron chi connectivity index (χ4n) is 2.74. The van der Waals surface area contributed by atoms with Crippen LogP contribution in [0.25, 0.3) is 0 Å². The highest BCUT2D eigenvalue weighted by atomic mass is 16.5. The lowest BCUT2D eigenvalue weighted by atomic mass is 10.1. The summed E-state index contributed by atoms with van der Waals surface area (Å²) in [5, 5.41) is 2.93. The van der Waals surface area contributed by atoms with Gasteiger partial charge >= 0.3 is 5.97 Å². The Morgan fingerprint density at radius 3 is 2.41 bits per heavy atom. The van der Waals surface area contributed by atoms with Gasteiger partial charge in [-0.3, -0.25) is 9.59 Å². The third-order valence-electron chi connectivity index (χ3n) is 4.20. The Labute approximate surface area is 159 Å². The zero-order chi connectivity index (χ0) is 19.8. The summed E-state index contributed by atoms with van der Waals surface area (Å²) in [6.45, 7) is 3.55. The molecule has 1 N–H and O–H groups in total. The lowest BCUT2D eigenvalue weighted by Crippen LogP contribution is -2.34. The Bertz CT molecular complexity index is 805. The number of carbonyl (C=O) groups is 3. The molecule has 2 rings (SSSR count). The van der Waals surface area contributed by atoms with Crippen LogP contribution in [0.2, 0.25) is 0 Å². The lowest BCUT2D eigenvalue weighted by molar-refractivity contribution is -0.121. The zero-order valence-electron chi connectivity index (χ0n) is 15.8. The van der Waals surface area contributed by atoms with Crippen molar-refractivity contribution in [2.24, 2.45) is 0 Å². The van der Waals surface area contributed by atoms with Crippen LogP contribution in [0.1, 0.15) is 42.2 Å². The maximum absolute atomic E-state index is 12.3. The van der Waals surface area contributed by atoms with Crippen LogP contribution in [0.3, 0.4) is 0 Å². The molecule has 0 spiro atoms. The van der Waals surface area contributed by atoms with Gasteiger partial charge in [-0.25, -0.2) is 4.79 Å². The average Bonchev–Trinajstić information content (AvgIpc) is 2.68. The van der Waals surface area contributed by atoms with E-state index in [4.69, 9.17) is 4.74 Å². The van der Waals surface area contributed by atoms with E-state index < -0.39 is 5.97 Å². The van der Waals surface area contributed by atoms with Crippen LogP contribution in [0, 0.1) is 0 Å². The van der Waals surface area contributed by atoms with Crippen molar-refractivity contribution in [2.45, 2.75) is 26.3 Å². The average molecular weight is 368 g/mol. The second-order valence-corrected chi connectivity index (χ2v) is 6.16. The first kappa shape index (κ1) is 20.2. The number of rotatable bonds is 7. The van der Waals surface area contributed by atoms with E-state index in [-0.39, 0.29) is 30.8 Å². The number of amides is 2. The summed E-state index contributed by atoms with van der Waals surface area (Å²) in [5.41, 5.74) is 1.91. The number of anilines is 1. The molecule has 6 nitrogen and oxygen atoms in total. The van der Waals surface area contributed by atoms with Crippen LogP contribution in [0.5, 0.6) is 0 Å². The van der Waals surface area contributed by atoms with Gasteiger partial charge < -0.3 is 15.0 Å². The molecule has 2 aromatic rings. The van der Waals surface area contributed by atoms with Gasteiger partial charge in [0, 0.05) is 25.6 Å². The van der Waals surface area contributed by atoms with E-state index in [0.29, 0.717) is 11.3 Å². The lowest BCUT2D eigenvalue weighted by Gasteiger charge is -2.22. The van der Waals surface area contributed by atoms with Gasteiger partial charge in [0.1, 0.15) is 0 Å². The van der Waals surface area contributed by atoms with E-state index in [0.717, 1.165) is 5.56 Å². The van der Waals surface area contributed by atoms with E-state index in [1.165, 1.54) is 18.9 Å². The highest BCUT2D eigenvalue weighted by Crippen LogP contribution is 2.18. The maximum atomic E-state index is 12.3. The van der Waals surface area contributed by atoms with Crippen LogP contribution in [-0.4, -0.2) is 31.4 Å². The summed E-state index contributed by atoms with van der Waals surface area (Å²) in [4.78, 5) is 37.5. The smallest absolute Gasteiger partial charge is 0.337 e. The minimum Gasteiger partial charge on any atom is -0.465 e. The molecule has 2 amide bonds. The van der Waals surface area contributed by atoms with Crippen molar-refractivity contribution >= 4 is 23.5 Å². The molecule has 6 heteroatoms. The number of hydrogen-bond donors (Lipinski definition) is 1. The topological polar surface area (TPSA) is 75.7 Å². The fourth-order valence-corrected chi connectivity index (χ4v) is 2.74. The van der Waals surface area contributed by atoms with E-state index in [9.17, 15) is 14.4 Å². The number of nitrogens with zero attached hydrogens (tertiary/aromatic N) is 1. The Hall–Kier alpha value is -3.15. The summed E-state index contributed by atoms with van der Waals surface area (Å²) in [6.07, 6.45) is 0.152. The number of nitrogens with one attached hydrogen (secondary N) is 1. The molecule has 0 aliphatic heterocycles. The number of methoxy groups -OCH3 is 1. The molecular weight excluding hydrogens is 344 g/mol. The third-order valence-corrected chi connectivity index (χ3v) is 4.20. The molecule has 0 radical (unpaired) electrons. The van der Waals surface area contributed by atoms with Gasteiger partial charge in [0.05, 0.1) is 18.7 Å². The number of ether oxygens (including phenoxy) is 1. The molecular formula is C21H24N2O4. The standard InChI is InChI=1S/C21H24N2O4/c1-15(17-8-5-4-6-9-17)22-20(25)12-13-23(16(2)24)19-11-7-10-18(14-19)21(26)27-3/h4-11,14-15H,12-13H2,1-3H3,(H,22,25). The Kier molecular flexibility index (Phi) is 7.11. The summed E-state index contributed by atoms with van der Waals surface area (Å²) in [7, 11) is 1.30. The van der Waals surface area contributed by atoms with E-state index in [2.05, 4.69) is 5.32 Å². The predicted molar refractivity (Wildman–Crippen MR) is 103 cm³/mol. The normalized spacial score (nSPS) is 11.4. The molecule has 0 saturated heterocycles. The molecule has 1 atom stereocenters. The van der Waals surface area contributed by atoms with Crippen molar-refractivity contribution in [1.29, 1.82) is 0 Å². The fraction of sp³-hybridized carbons (Fsp3) is 0.286. The monoisotopic (exact) mass is 368 g/mol. The summed E-state index contributed by atoms with van der Waals surface area (Å²) < 4.78 is 4.71. The first-order valence-electron chi connectivity index (χ1n) is 8.73. The minimum absolute atomic E-state index is 0.118. The van der Waals surface area contributed by atoms with Crippen molar-refractivity contribution < 1.29 is 19.1 Å². The number of benzene rings is 2. The number of hydrogen-bond acceptors (Lipinski definition) is 4. The van der Waals surface area contributed by atoms with Crippen LogP contribution in [0.15, 0.2) is 54.6 Å². The highest BCUT2D eigenvalue weighted by molar-refractivity contribution is 5.95. The Morgan fingerprint density at radius 2 is 1.78 bits per heavy atom. The molecule has 27 heavy (non-hydrogen) atoms. The van der Waals surface area contributed by atoms with Crippen LogP contribution in [0.4, 0.5) is 5.69 Å². The largest absolute Gasteiger partial charge is 0.465 e. The zero-order valence-corrected chi connectivity index (χ0v) is 15.8. The molecule has 0 bridgehead atoms. The van der Waals surface area contributed by atoms with Gasteiger partial charge in [-0.15, -0.1) is 0 Å². The van der Waals surface area contributed by atoms with Gasteiger partial charge in [-0.05, 0) is 30.7 Å². The summed E-state index contributed by atoms with van der Waals surface area (Å²) in [6, 6.07) is 16.1.